The standard InChI is InChI=1S/C6H13NO2/c1-7(8)4-6-2-3-9-5-6/h6-7H,2-5H2,1H3. The Morgan fingerprint density at radius 2 is 2.56 bits per heavy atom. The molecular weight excluding hydrogens is 118 g/mol. The predicted octanol–water partition coefficient (Wildman–Crippen LogP) is -0.965. The lowest BCUT2D eigenvalue weighted by Gasteiger charge is -2.18. The SMILES string of the molecule is C[NH+]([O-])CC1CCOC1. The third kappa shape index (κ3) is 2.30. The molecule has 2 atom stereocenters. The lowest BCUT2D eigenvalue weighted by Crippen LogP contribution is -3.04. The summed E-state index contributed by atoms with van der Waals surface area (Å²) in [6, 6.07) is 0. The van der Waals surface area contributed by atoms with Crippen molar-refractivity contribution in [2.45, 2.75) is 6.42 Å². The van der Waals surface area contributed by atoms with Gasteiger partial charge < -0.3 is 15.0 Å². The molecule has 2 unspecified atom stereocenters. The monoisotopic (exact) mass is 131 g/mol. The molecule has 0 saturated carbocycles. The molecule has 1 saturated heterocycles. The number of hydrogen-bond donors (Lipinski definition) is 1. The van der Waals surface area contributed by atoms with E-state index in [9.17, 15) is 5.21 Å². The maximum Gasteiger partial charge on any atom is 0.0817 e. The molecule has 3 heteroatoms. The van der Waals surface area contributed by atoms with E-state index in [4.69, 9.17) is 4.74 Å². The Balaban J connectivity index is 2.11. The highest BCUT2D eigenvalue weighted by Gasteiger charge is 2.16. The second-order valence-electron chi connectivity index (χ2n) is 2.64. The molecule has 0 aliphatic carbocycles. The normalized spacial score (nSPS) is 30.7. The zero-order valence-electron chi connectivity index (χ0n) is 5.72. The van der Waals surface area contributed by atoms with Crippen LogP contribution in [0, 0.1) is 11.1 Å². The van der Waals surface area contributed by atoms with Crippen LogP contribution in [0.25, 0.3) is 0 Å². The minimum absolute atomic E-state index is 0.283. The Morgan fingerprint density at radius 1 is 1.78 bits per heavy atom. The van der Waals surface area contributed by atoms with Crippen LogP contribution in [0.4, 0.5) is 0 Å². The molecule has 54 valence electrons. The quantitative estimate of drug-likeness (QED) is 0.490. The first-order chi connectivity index (χ1) is 4.29. The van der Waals surface area contributed by atoms with Crippen LogP contribution in [0.1, 0.15) is 6.42 Å². The summed E-state index contributed by atoms with van der Waals surface area (Å²) < 4.78 is 5.11. The van der Waals surface area contributed by atoms with Crippen LogP contribution >= 0.6 is 0 Å². The molecular formula is C6H13NO2. The van der Waals surface area contributed by atoms with Crippen molar-refractivity contribution in [2.75, 3.05) is 26.8 Å². The maximum absolute atomic E-state index is 10.5. The fraction of sp³-hybridized carbons (Fsp3) is 1.00. The van der Waals surface area contributed by atoms with Crippen molar-refractivity contribution in [1.29, 1.82) is 0 Å². The molecule has 0 bridgehead atoms. The van der Waals surface area contributed by atoms with Crippen LogP contribution < -0.4 is 5.06 Å². The highest BCUT2D eigenvalue weighted by atomic mass is 16.5. The molecule has 3 nitrogen and oxygen atoms in total. The molecule has 1 rings (SSSR count). The van der Waals surface area contributed by atoms with E-state index < -0.39 is 0 Å². The second-order valence-corrected chi connectivity index (χ2v) is 2.64. The molecule has 9 heavy (non-hydrogen) atoms. The van der Waals surface area contributed by atoms with Crippen LogP contribution in [0.2, 0.25) is 0 Å². The van der Waals surface area contributed by atoms with Gasteiger partial charge in [-0.05, 0) is 6.42 Å². The number of ether oxygens (including phenoxy) is 1. The van der Waals surface area contributed by atoms with Gasteiger partial charge in [0.2, 0.25) is 0 Å². The van der Waals surface area contributed by atoms with Gasteiger partial charge >= 0.3 is 0 Å². The third-order valence-electron chi connectivity index (χ3n) is 1.60. The van der Waals surface area contributed by atoms with E-state index in [1.807, 2.05) is 0 Å². The molecule has 0 radical (unpaired) electrons. The van der Waals surface area contributed by atoms with Crippen LogP contribution in [-0.2, 0) is 4.74 Å². The topological polar surface area (TPSA) is 36.7 Å². The molecule has 0 amide bonds. The fourth-order valence-electron chi connectivity index (χ4n) is 1.15. The lowest BCUT2D eigenvalue weighted by molar-refractivity contribution is -0.829. The molecule has 0 aromatic heterocycles. The number of rotatable bonds is 2. The van der Waals surface area contributed by atoms with Crippen LogP contribution in [0.15, 0.2) is 0 Å². The molecule has 0 aromatic carbocycles. The highest BCUT2D eigenvalue weighted by Crippen LogP contribution is 2.08. The predicted molar refractivity (Wildman–Crippen MR) is 34.0 cm³/mol. The van der Waals surface area contributed by atoms with Crippen LogP contribution in [0.3, 0.4) is 0 Å². The van der Waals surface area contributed by atoms with Gasteiger partial charge in [0.1, 0.15) is 0 Å². The molecule has 1 aliphatic heterocycles. The number of hydroxylamine groups is 2. The minimum atomic E-state index is 0.283. The zero-order chi connectivity index (χ0) is 6.69. The van der Waals surface area contributed by atoms with Crippen LogP contribution in [0.5, 0.6) is 0 Å². The average molecular weight is 131 g/mol. The number of quaternary nitrogens is 1. The first-order valence-electron chi connectivity index (χ1n) is 3.36. The second kappa shape index (κ2) is 3.15. The van der Waals surface area contributed by atoms with E-state index in [0.29, 0.717) is 12.5 Å². The fourth-order valence-corrected chi connectivity index (χ4v) is 1.15. The van der Waals surface area contributed by atoms with Gasteiger partial charge in [-0.15, -0.1) is 0 Å². The summed E-state index contributed by atoms with van der Waals surface area (Å²) in [6.45, 7) is 2.34. The van der Waals surface area contributed by atoms with E-state index in [2.05, 4.69) is 0 Å². The molecule has 1 N–H and O–H groups in total. The first-order valence-corrected chi connectivity index (χ1v) is 3.36. The van der Waals surface area contributed by atoms with E-state index in [-0.39, 0.29) is 5.06 Å². The Kier molecular flexibility index (Phi) is 2.45. The van der Waals surface area contributed by atoms with Crippen molar-refractivity contribution in [3.8, 4) is 0 Å². The summed E-state index contributed by atoms with van der Waals surface area (Å²) in [7, 11) is 1.64. The summed E-state index contributed by atoms with van der Waals surface area (Å²) >= 11 is 0. The summed E-state index contributed by atoms with van der Waals surface area (Å²) in [5.41, 5.74) is 0. The van der Waals surface area contributed by atoms with Crippen molar-refractivity contribution in [2.24, 2.45) is 5.92 Å². The average Bonchev–Trinajstić information content (AvgIpc) is 2.15. The van der Waals surface area contributed by atoms with Crippen molar-refractivity contribution < 1.29 is 9.80 Å². The van der Waals surface area contributed by atoms with E-state index in [1.165, 1.54) is 0 Å². The summed E-state index contributed by atoms with van der Waals surface area (Å²) in [5, 5.41) is 10.8. The lowest BCUT2D eigenvalue weighted by atomic mass is 10.1. The maximum atomic E-state index is 10.5. The summed E-state index contributed by atoms with van der Waals surface area (Å²) in [4.78, 5) is 0. The van der Waals surface area contributed by atoms with Gasteiger partial charge in [0, 0.05) is 12.5 Å². The van der Waals surface area contributed by atoms with Crippen LogP contribution in [-0.4, -0.2) is 26.8 Å². The minimum Gasteiger partial charge on any atom is -0.634 e. The van der Waals surface area contributed by atoms with E-state index in [0.717, 1.165) is 19.6 Å². The van der Waals surface area contributed by atoms with Crippen molar-refractivity contribution in [3.05, 3.63) is 5.21 Å². The smallest absolute Gasteiger partial charge is 0.0817 e. The Hall–Kier alpha value is -0.120. The Bertz CT molecular complexity index is 79.1. The number of nitrogens with one attached hydrogen (secondary N) is 1. The van der Waals surface area contributed by atoms with Gasteiger partial charge in [-0.1, -0.05) is 0 Å². The molecule has 0 spiro atoms. The van der Waals surface area contributed by atoms with Gasteiger partial charge in [-0.25, -0.2) is 0 Å². The van der Waals surface area contributed by atoms with Crippen molar-refractivity contribution in [1.82, 2.24) is 0 Å². The largest absolute Gasteiger partial charge is 0.634 e. The van der Waals surface area contributed by atoms with Gasteiger partial charge in [0.05, 0.1) is 20.2 Å². The highest BCUT2D eigenvalue weighted by molar-refractivity contribution is 4.61. The zero-order valence-corrected chi connectivity index (χ0v) is 5.72. The molecule has 1 fully saturated rings. The Labute approximate surface area is 55.2 Å². The van der Waals surface area contributed by atoms with Gasteiger partial charge in [0.15, 0.2) is 0 Å². The first kappa shape index (κ1) is 6.99. The van der Waals surface area contributed by atoms with Crippen molar-refractivity contribution in [3.63, 3.8) is 0 Å². The van der Waals surface area contributed by atoms with Crippen molar-refractivity contribution >= 4 is 0 Å². The van der Waals surface area contributed by atoms with Gasteiger partial charge in [-0.3, -0.25) is 0 Å². The van der Waals surface area contributed by atoms with E-state index >= 15 is 0 Å². The molecule has 0 aromatic rings. The summed E-state index contributed by atoms with van der Waals surface area (Å²) in [6.07, 6.45) is 1.07. The van der Waals surface area contributed by atoms with Gasteiger partial charge in [0.25, 0.3) is 0 Å². The third-order valence-corrected chi connectivity index (χ3v) is 1.60. The summed E-state index contributed by atoms with van der Waals surface area (Å²) in [5.74, 6) is 0.516. The van der Waals surface area contributed by atoms with E-state index in [1.54, 1.807) is 7.05 Å². The molecule has 1 heterocycles. The van der Waals surface area contributed by atoms with Gasteiger partial charge in [-0.2, -0.15) is 0 Å². The molecule has 1 aliphatic rings. The Morgan fingerprint density at radius 3 is 3.00 bits per heavy atom. The number of hydrogen-bond acceptors (Lipinski definition) is 2.